The van der Waals surface area contributed by atoms with E-state index in [9.17, 15) is 14.0 Å². The van der Waals surface area contributed by atoms with Crippen LogP contribution in [0.5, 0.6) is 0 Å². The fraction of sp³-hybridized carbons (Fsp3) is 0.333. The second kappa shape index (κ2) is 3.55. The average molecular weight is 234 g/mol. The summed E-state index contributed by atoms with van der Waals surface area (Å²) < 4.78 is 13.4. The SMILES string of the molecule is O=C1NN(Cc2ccccc2F)C(=O)C2CC12. The number of nitrogens with one attached hydrogen (secondary N) is 1. The molecule has 2 unspecified atom stereocenters. The van der Waals surface area contributed by atoms with Crippen molar-refractivity contribution >= 4 is 11.8 Å². The third-order valence-corrected chi connectivity index (χ3v) is 3.24. The Morgan fingerprint density at radius 2 is 2.06 bits per heavy atom. The molecular weight excluding hydrogens is 223 g/mol. The van der Waals surface area contributed by atoms with E-state index in [0.29, 0.717) is 12.0 Å². The molecule has 1 saturated heterocycles. The van der Waals surface area contributed by atoms with Crippen LogP contribution in [0.2, 0.25) is 0 Å². The van der Waals surface area contributed by atoms with E-state index in [0.717, 1.165) is 0 Å². The van der Waals surface area contributed by atoms with E-state index in [4.69, 9.17) is 0 Å². The van der Waals surface area contributed by atoms with Gasteiger partial charge in [0.1, 0.15) is 5.82 Å². The molecule has 3 rings (SSSR count). The molecule has 17 heavy (non-hydrogen) atoms. The Hall–Kier alpha value is -1.91. The summed E-state index contributed by atoms with van der Waals surface area (Å²) in [6.45, 7) is 0.0838. The number of hydrogen-bond acceptors (Lipinski definition) is 2. The number of carbonyl (C=O) groups excluding carboxylic acids is 2. The van der Waals surface area contributed by atoms with Crippen LogP contribution in [0.25, 0.3) is 0 Å². The van der Waals surface area contributed by atoms with Gasteiger partial charge >= 0.3 is 0 Å². The first-order valence-electron chi connectivity index (χ1n) is 5.52. The highest BCUT2D eigenvalue weighted by atomic mass is 19.1. The summed E-state index contributed by atoms with van der Waals surface area (Å²) in [5, 5.41) is 1.22. The zero-order valence-corrected chi connectivity index (χ0v) is 9.02. The predicted molar refractivity (Wildman–Crippen MR) is 56.7 cm³/mol. The predicted octanol–water partition coefficient (Wildman–Crippen LogP) is 0.835. The molecule has 2 aliphatic rings. The molecule has 0 spiro atoms. The third kappa shape index (κ3) is 1.67. The van der Waals surface area contributed by atoms with Gasteiger partial charge in [0.15, 0.2) is 0 Å². The number of amides is 2. The van der Waals surface area contributed by atoms with Crippen LogP contribution in [0.4, 0.5) is 4.39 Å². The van der Waals surface area contributed by atoms with E-state index in [1.165, 1.54) is 11.1 Å². The van der Waals surface area contributed by atoms with Crippen LogP contribution in [-0.4, -0.2) is 16.8 Å². The van der Waals surface area contributed by atoms with Gasteiger partial charge in [-0.05, 0) is 12.5 Å². The minimum absolute atomic E-state index is 0.0838. The molecule has 0 radical (unpaired) electrons. The molecule has 1 N–H and O–H groups in total. The van der Waals surface area contributed by atoms with Gasteiger partial charge in [-0.2, -0.15) is 0 Å². The van der Waals surface area contributed by atoms with Crippen molar-refractivity contribution in [3.63, 3.8) is 0 Å². The van der Waals surface area contributed by atoms with Gasteiger partial charge < -0.3 is 0 Å². The lowest BCUT2D eigenvalue weighted by atomic mass is 10.2. The van der Waals surface area contributed by atoms with Crippen LogP contribution >= 0.6 is 0 Å². The monoisotopic (exact) mass is 234 g/mol. The molecule has 1 aliphatic carbocycles. The highest BCUT2D eigenvalue weighted by Gasteiger charge is 2.53. The van der Waals surface area contributed by atoms with Crippen molar-refractivity contribution in [3.05, 3.63) is 35.6 Å². The molecule has 1 heterocycles. The van der Waals surface area contributed by atoms with Gasteiger partial charge in [-0.3, -0.25) is 15.0 Å². The van der Waals surface area contributed by atoms with E-state index < -0.39 is 0 Å². The first-order chi connectivity index (χ1) is 8.16. The van der Waals surface area contributed by atoms with Gasteiger partial charge in [0, 0.05) is 5.56 Å². The number of hydrazine groups is 1. The van der Waals surface area contributed by atoms with Gasteiger partial charge in [0.05, 0.1) is 18.4 Å². The van der Waals surface area contributed by atoms with Crippen LogP contribution in [0.3, 0.4) is 0 Å². The Kier molecular flexibility index (Phi) is 2.14. The van der Waals surface area contributed by atoms with Crippen LogP contribution in [0.1, 0.15) is 12.0 Å². The molecule has 4 nitrogen and oxygen atoms in total. The molecule has 1 aliphatic heterocycles. The summed E-state index contributed by atoms with van der Waals surface area (Å²) in [5.41, 5.74) is 2.91. The molecule has 2 atom stereocenters. The second-order valence-electron chi connectivity index (χ2n) is 4.44. The first-order valence-corrected chi connectivity index (χ1v) is 5.52. The molecular formula is C12H11FN2O2. The van der Waals surface area contributed by atoms with E-state index in [-0.39, 0.29) is 36.0 Å². The number of fused-ring (bicyclic) bond motifs is 1. The van der Waals surface area contributed by atoms with Gasteiger partial charge in [0.25, 0.3) is 0 Å². The second-order valence-corrected chi connectivity index (χ2v) is 4.44. The number of carbonyl (C=O) groups is 2. The lowest BCUT2D eigenvalue weighted by molar-refractivity contribution is -0.148. The minimum atomic E-state index is -0.368. The lowest BCUT2D eigenvalue weighted by Crippen LogP contribution is -2.51. The molecule has 5 heteroatoms. The van der Waals surface area contributed by atoms with E-state index in [2.05, 4.69) is 5.43 Å². The maximum absolute atomic E-state index is 13.4. The van der Waals surface area contributed by atoms with Gasteiger partial charge in [-0.25, -0.2) is 9.40 Å². The summed E-state index contributed by atoms with van der Waals surface area (Å²) in [7, 11) is 0. The fourth-order valence-corrected chi connectivity index (χ4v) is 2.14. The number of hydrogen-bond donors (Lipinski definition) is 1. The van der Waals surface area contributed by atoms with Crippen molar-refractivity contribution in [2.75, 3.05) is 0 Å². The molecule has 1 aromatic rings. The van der Waals surface area contributed by atoms with Crippen LogP contribution < -0.4 is 5.43 Å². The van der Waals surface area contributed by atoms with Crippen molar-refractivity contribution in [1.82, 2.24) is 10.4 Å². The quantitative estimate of drug-likeness (QED) is 0.824. The molecule has 2 amide bonds. The first kappa shape index (κ1) is 10.3. The molecule has 88 valence electrons. The Balaban J connectivity index is 1.79. The molecule has 1 aromatic carbocycles. The third-order valence-electron chi connectivity index (χ3n) is 3.24. The Labute approximate surface area is 97.4 Å². The molecule has 2 fully saturated rings. The summed E-state index contributed by atoms with van der Waals surface area (Å²) in [4.78, 5) is 23.3. The molecule has 1 saturated carbocycles. The van der Waals surface area contributed by atoms with Crippen LogP contribution in [0, 0.1) is 17.7 Å². The number of halogens is 1. The summed E-state index contributed by atoms with van der Waals surface area (Å²) in [5.74, 6) is -0.953. The van der Waals surface area contributed by atoms with Gasteiger partial charge in [-0.1, -0.05) is 18.2 Å². The Morgan fingerprint density at radius 3 is 2.82 bits per heavy atom. The van der Waals surface area contributed by atoms with Crippen molar-refractivity contribution < 1.29 is 14.0 Å². The Bertz CT molecular complexity index is 503. The van der Waals surface area contributed by atoms with Crippen LogP contribution in [0.15, 0.2) is 24.3 Å². The van der Waals surface area contributed by atoms with Gasteiger partial charge in [0.2, 0.25) is 11.8 Å². The van der Waals surface area contributed by atoms with Crippen LogP contribution in [-0.2, 0) is 16.1 Å². The largest absolute Gasteiger partial charge is 0.273 e. The summed E-state index contributed by atoms with van der Waals surface area (Å²) >= 11 is 0. The minimum Gasteiger partial charge on any atom is -0.273 e. The smallest absolute Gasteiger partial charge is 0.245 e. The summed E-state index contributed by atoms with van der Waals surface area (Å²) in [6.07, 6.45) is 0.623. The van der Waals surface area contributed by atoms with Gasteiger partial charge in [-0.15, -0.1) is 0 Å². The van der Waals surface area contributed by atoms with Crippen molar-refractivity contribution in [3.8, 4) is 0 Å². The van der Waals surface area contributed by atoms with E-state index in [1.807, 2.05) is 0 Å². The number of rotatable bonds is 2. The highest BCUT2D eigenvalue weighted by molar-refractivity contribution is 5.97. The van der Waals surface area contributed by atoms with Crippen molar-refractivity contribution in [2.24, 2.45) is 11.8 Å². The topological polar surface area (TPSA) is 49.4 Å². The van der Waals surface area contributed by atoms with E-state index >= 15 is 0 Å². The van der Waals surface area contributed by atoms with E-state index in [1.54, 1.807) is 18.2 Å². The maximum atomic E-state index is 13.4. The maximum Gasteiger partial charge on any atom is 0.245 e. The normalized spacial score (nSPS) is 26.5. The number of benzene rings is 1. The fourth-order valence-electron chi connectivity index (χ4n) is 2.14. The number of nitrogens with zero attached hydrogens (tertiary/aromatic N) is 1. The standard InChI is InChI=1S/C12H11FN2O2/c13-10-4-2-1-3-7(10)6-15-12(17)9-5-8(9)11(16)14-15/h1-4,8-9H,5-6H2,(H,14,16). The molecule has 0 aromatic heterocycles. The zero-order valence-electron chi connectivity index (χ0n) is 9.02. The average Bonchev–Trinajstić information content (AvgIpc) is 3.09. The van der Waals surface area contributed by atoms with Crippen molar-refractivity contribution in [1.29, 1.82) is 0 Å². The lowest BCUT2D eigenvalue weighted by Gasteiger charge is -2.26. The zero-order chi connectivity index (χ0) is 12.0. The van der Waals surface area contributed by atoms with Crippen molar-refractivity contribution in [2.45, 2.75) is 13.0 Å². The molecule has 0 bridgehead atoms. The summed E-state index contributed by atoms with van der Waals surface area (Å²) in [6, 6.07) is 6.24. The highest BCUT2D eigenvalue weighted by Crippen LogP contribution is 2.42. The Morgan fingerprint density at radius 1 is 1.29 bits per heavy atom.